The van der Waals surface area contributed by atoms with Crippen molar-refractivity contribution < 1.29 is 101 Å². The highest BCUT2D eigenvalue weighted by Gasteiger charge is 2.49. The van der Waals surface area contributed by atoms with Crippen LogP contribution in [-0.4, -0.2) is 160 Å². The lowest BCUT2D eigenvalue weighted by atomic mass is 10.0. The normalized spacial score (nSPS) is 18.0. The highest BCUT2D eigenvalue weighted by molar-refractivity contribution is 5.92. The van der Waals surface area contributed by atoms with E-state index in [1.54, 1.807) is 0 Å². The van der Waals surface area contributed by atoms with Gasteiger partial charge in [-0.05, 0) is 43.9 Å². The van der Waals surface area contributed by atoms with Gasteiger partial charge in [-0.3, -0.25) is 60.5 Å². The minimum Gasteiger partial charge on any atom is -0.494 e. The van der Waals surface area contributed by atoms with Crippen molar-refractivity contribution in [3.63, 3.8) is 0 Å². The van der Waals surface area contributed by atoms with Gasteiger partial charge < -0.3 is 66.0 Å². The third-order valence-corrected chi connectivity index (χ3v) is 12.8. The van der Waals surface area contributed by atoms with Crippen molar-refractivity contribution in [1.29, 1.82) is 0 Å². The molecule has 2 aromatic carbocycles. The maximum absolute atomic E-state index is 13.4. The molecule has 2 aromatic rings. The van der Waals surface area contributed by atoms with Crippen LogP contribution in [0, 0.1) is 32.1 Å². The molecular weight excluding hydrogens is 1120 g/mol. The number of benzene rings is 2. The number of esters is 4. The zero-order valence-corrected chi connectivity index (χ0v) is 46.3. The molecule has 2 aliphatic heterocycles. The van der Waals surface area contributed by atoms with Gasteiger partial charge in [0.15, 0.2) is 5.75 Å². The molecule has 0 bridgehead atoms. The third-order valence-electron chi connectivity index (χ3n) is 12.8. The van der Waals surface area contributed by atoms with Crippen LogP contribution in [0.5, 0.6) is 5.75 Å². The molecule has 0 radical (unpaired) electrons. The number of hydrogen-bond donors (Lipinski definition) is 8. The largest absolute Gasteiger partial charge is 0.494 e. The first-order valence-corrected chi connectivity index (χ1v) is 25.8. The Kier molecular flexibility index (Phi) is 24.8. The van der Waals surface area contributed by atoms with Crippen LogP contribution in [0.2, 0.25) is 0 Å². The summed E-state index contributed by atoms with van der Waals surface area (Å²) in [6.07, 6.45) is -1.34. The maximum Gasteiger partial charge on any atom is 0.391 e. The molecule has 462 valence electrons. The van der Waals surface area contributed by atoms with E-state index < -0.39 is 168 Å². The number of ketones is 2. The van der Waals surface area contributed by atoms with Crippen molar-refractivity contribution in [2.45, 2.75) is 127 Å². The summed E-state index contributed by atoms with van der Waals surface area (Å²) in [5, 5.41) is 23.9. The standard InChI is InChI=1S/C49H68N12O23/c1-25(2)48(54,46(70)81-56-27-10-12-28(13-11-27)60(72)73)79-44(68)37-8-6-18-58(37)83-42(66)34(52)23-77-40(64)32(50)21-30(62)15-16-31(63)22-33(51)41(65)78-24-35(53)43(67)84-59-19-7-9-38(59)45(69)80-49(55,26(3)4)47(71)82-57-36-17-14-29(61(74)75)20-39(36)76-5/h10-14,17,20,25-26,32-35,37-38,56-57H,6-9,15-16,18-19,21-24,50-55H2,1-5H3. The number of carbonyl (C=O) groups is 10. The molecule has 8 unspecified atom stereocenters. The summed E-state index contributed by atoms with van der Waals surface area (Å²) in [4.78, 5) is 171. The van der Waals surface area contributed by atoms with Crippen LogP contribution < -0.4 is 50.1 Å². The van der Waals surface area contributed by atoms with Crippen LogP contribution in [0.4, 0.5) is 22.7 Å². The van der Waals surface area contributed by atoms with Crippen molar-refractivity contribution >= 4 is 82.1 Å². The Morgan fingerprint density at radius 1 is 0.607 bits per heavy atom. The quantitative estimate of drug-likeness (QED) is 0.0137. The Morgan fingerprint density at radius 3 is 1.40 bits per heavy atom. The van der Waals surface area contributed by atoms with Crippen molar-refractivity contribution in [3.05, 3.63) is 62.7 Å². The molecule has 14 N–H and O–H groups in total. The summed E-state index contributed by atoms with van der Waals surface area (Å²) in [6.45, 7) is 4.27. The number of hydrogen-bond acceptors (Lipinski definition) is 33. The van der Waals surface area contributed by atoms with Gasteiger partial charge in [0.05, 0.1) is 28.7 Å². The Labute approximate surface area is 477 Å². The molecule has 0 saturated carbocycles. The summed E-state index contributed by atoms with van der Waals surface area (Å²) in [5.41, 5.74) is 35.2. The number of nitrogens with zero attached hydrogens (tertiary/aromatic N) is 4. The van der Waals surface area contributed by atoms with Crippen LogP contribution in [0.25, 0.3) is 0 Å². The van der Waals surface area contributed by atoms with Crippen LogP contribution in [0.3, 0.4) is 0 Å². The predicted molar refractivity (Wildman–Crippen MR) is 282 cm³/mol. The number of nitrogens with one attached hydrogen (secondary N) is 2. The molecule has 0 spiro atoms. The molecule has 8 atom stereocenters. The lowest BCUT2D eigenvalue weighted by Gasteiger charge is -2.32. The van der Waals surface area contributed by atoms with Gasteiger partial charge in [0.25, 0.3) is 22.8 Å². The van der Waals surface area contributed by atoms with Crippen LogP contribution >= 0.6 is 0 Å². The highest BCUT2D eigenvalue weighted by atomic mass is 16.7. The zero-order valence-electron chi connectivity index (χ0n) is 46.3. The smallest absolute Gasteiger partial charge is 0.391 e. The number of Topliss-reactive ketones (excluding diaryl/α,β-unsaturated/α-hetero) is 2. The number of nitrogens with two attached hydrogens (primary N) is 6. The van der Waals surface area contributed by atoms with Crippen molar-refractivity contribution in [1.82, 2.24) is 10.1 Å². The summed E-state index contributed by atoms with van der Waals surface area (Å²) in [7, 11) is 1.22. The first-order chi connectivity index (χ1) is 39.4. The Bertz CT molecular complexity index is 2770. The molecule has 0 aliphatic carbocycles. The molecule has 84 heavy (non-hydrogen) atoms. The Hall–Kier alpha value is -8.58. The number of methoxy groups -OCH3 is 1. The van der Waals surface area contributed by atoms with Gasteiger partial charge in [-0.15, -0.1) is 10.1 Å². The van der Waals surface area contributed by atoms with E-state index in [0.29, 0.717) is 12.8 Å². The van der Waals surface area contributed by atoms with E-state index in [-0.39, 0.29) is 54.4 Å². The fraction of sp³-hybridized carbons (Fsp3) is 0.551. The van der Waals surface area contributed by atoms with Crippen LogP contribution in [0.15, 0.2) is 42.5 Å². The second-order valence-electron chi connectivity index (χ2n) is 19.8. The lowest BCUT2D eigenvalue weighted by molar-refractivity contribution is -0.385. The minimum atomic E-state index is -2.41. The number of ether oxygens (including phenoxy) is 5. The van der Waals surface area contributed by atoms with Gasteiger partial charge in [0.1, 0.15) is 66.7 Å². The molecule has 2 heterocycles. The van der Waals surface area contributed by atoms with Crippen molar-refractivity contribution in [3.8, 4) is 5.75 Å². The summed E-state index contributed by atoms with van der Waals surface area (Å²) in [5.74, 6) is -12.5. The molecule has 2 saturated heterocycles. The third kappa shape index (κ3) is 18.7. The second-order valence-corrected chi connectivity index (χ2v) is 19.8. The van der Waals surface area contributed by atoms with E-state index >= 15 is 0 Å². The number of non-ortho nitro benzene ring substituents is 2. The van der Waals surface area contributed by atoms with Gasteiger partial charge in [-0.25, -0.2) is 30.1 Å². The summed E-state index contributed by atoms with van der Waals surface area (Å²) in [6, 6.07) is -0.755. The van der Waals surface area contributed by atoms with Crippen molar-refractivity contribution in [2.24, 2.45) is 46.2 Å². The molecule has 4 rings (SSSR count). The number of carbonyl (C=O) groups excluding carboxylic acids is 10. The fourth-order valence-electron chi connectivity index (χ4n) is 7.53. The number of hydroxylamine groups is 4. The van der Waals surface area contributed by atoms with Gasteiger partial charge >= 0.3 is 47.8 Å². The first kappa shape index (κ1) is 67.9. The van der Waals surface area contributed by atoms with Gasteiger partial charge in [-0.2, -0.15) is 0 Å². The molecule has 2 fully saturated rings. The Balaban J connectivity index is 1.14. The van der Waals surface area contributed by atoms with Gasteiger partial charge in [0, 0.05) is 68.8 Å². The van der Waals surface area contributed by atoms with Gasteiger partial charge in [-0.1, -0.05) is 27.7 Å². The van der Waals surface area contributed by atoms with E-state index in [1.807, 2.05) is 0 Å². The highest BCUT2D eigenvalue weighted by Crippen LogP contribution is 2.31. The average molecular weight is 1190 g/mol. The molecule has 35 nitrogen and oxygen atoms in total. The zero-order chi connectivity index (χ0) is 62.8. The fourth-order valence-corrected chi connectivity index (χ4v) is 7.53. The Morgan fingerprint density at radius 2 is 1.01 bits per heavy atom. The van der Waals surface area contributed by atoms with Gasteiger partial charge in [0.2, 0.25) is 0 Å². The van der Waals surface area contributed by atoms with E-state index in [4.69, 9.17) is 77.4 Å². The number of nitro groups is 2. The number of anilines is 2. The average Bonchev–Trinajstić information content (AvgIpc) is 4.27. The van der Waals surface area contributed by atoms with Crippen molar-refractivity contribution in [2.75, 3.05) is 44.4 Å². The molecule has 0 aromatic heterocycles. The topological polar surface area (TPSA) is 527 Å². The van der Waals surface area contributed by atoms with E-state index in [1.165, 1.54) is 53.0 Å². The van der Waals surface area contributed by atoms with E-state index in [9.17, 15) is 68.2 Å². The minimum absolute atomic E-state index is 0.00390. The van der Waals surface area contributed by atoms with Crippen LogP contribution in [-0.2, 0) is 86.2 Å². The van der Waals surface area contributed by atoms with Crippen LogP contribution in [0.1, 0.15) is 79.1 Å². The predicted octanol–water partition coefficient (Wildman–Crippen LogP) is -1.40. The first-order valence-electron chi connectivity index (χ1n) is 25.8. The molecule has 35 heteroatoms. The number of nitro benzene ring substituents is 2. The lowest BCUT2D eigenvalue weighted by Crippen LogP contribution is -2.59. The molecule has 0 amide bonds. The van der Waals surface area contributed by atoms with E-state index in [2.05, 4.69) is 11.0 Å². The van der Waals surface area contributed by atoms with E-state index in [0.717, 1.165) is 34.4 Å². The second kappa shape index (κ2) is 30.6. The SMILES string of the molecule is COc1cc([N+](=O)[O-])ccc1NOC(=O)C(N)(OC(=O)C1CCCN1OC(=O)C(N)COC(=O)C(N)CC(=O)CCC(=O)CC(N)C(=O)OCC(N)C(=O)ON1CCCC1C(=O)OC(N)(C(=O)ONc1ccc([N+](=O)[O-])cc1)C(C)C)C(C)C. The molecular formula is C49H68N12O23. The maximum atomic E-state index is 13.4. The summed E-state index contributed by atoms with van der Waals surface area (Å²) < 4.78 is 25.9. The monoisotopic (exact) mass is 1190 g/mol. The number of rotatable bonds is 32. The molecule has 2 aliphatic rings. The summed E-state index contributed by atoms with van der Waals surface area (Å²) >= 11 is 0.